The van der Waals surface area contributed by atoms with Crippen molar-refractivity contribution in [1.29, 1.82) is 0 Å². The molecule has 1 heterocycles. The van der Waals surface area contributed by atoms with Gasteiger partial charge in [0.05, 0.1) is 0 Å². The minimum absolute atomic E-state index is 0.512. The van der Waals surface area contributed by atoms with Gasteiger partial charge in [-0.15, -0.1) is 0 Å². The molecule has 1 atom stereocenters. The van der Waals surface area contributed by atoms with Crippen LogP contribution in [0.25, 0.3) is 0 Å². The molecule has 0 spiro atoms. The first kappa shape index (κ1) is 22.0. The molecule has 4 amide bonds. The fraction of sp³-hybridized carbons (Fsp3) is 0.304. The van der Waals surface area contributed by atoms with Gasteiger partial charge in [-0.2, -0.15) is 0 Å². The molecule has 0 unspecified atom stereocenters. The first-order valence-corrected chi connectivity index (χ1v) is 9.84. The van der Waals surface area contributed by atoms with Gasteiger partial charge in [0.2, 0.25) is 0 Å². The number of aryl methyl sites for hydroxylation is 3. The maximum absolute atomic E-state index is 12.9. The Morgan fingerprint density at radius 2 is 1.68 bits per heavy atom. The molecule has 0 bridgehead atoms. The molecule has 0 saturated carbocycles. The number of carbonyl (C=O) groups is 4. The molecule has 2 N–H and O–H groups in total. The van der Waals surface area contributed by atoms with E-state index in [2.05, 4.69) is 10.6 Å². The van der Waals surface area contributed by atoms with Crippen molar-refractivity contribution >= 4 is 29.5 Å². The lowest BCUT2D eigenvalue weighted by atomic mass is 9.91. The Bertz CT molecular complexity index is 1050. The van der Waals surface area contributed by atoms with Crippen LogP contribution >= 0.6 is 0 Å². The summed E-state index contributed by atoms with van der Waals surface area (Å²) in [6.07, 6.45) is 0. The summed E-state index contributed by atoms with van der Waals surface area (Å²) in [7, 11) is 0. The lowest BCUT2D eigenvalue weighted by Crippen LogP contribution is -2.41. The fourth-order valence-corrected chi connectivity index (χ4v) is 3.38. The lowest BCUT2D eigenvalue weighted by molar-refractivity contribution is -0.150. The Balaban J connectivity index is 1.57. The standard InChI is InChI=1S/C23H25N3O5/c1-14-5-8-17(9-6-14)23(4)21(29)26(22(30)25-23)12-20(28)31-13-19(27)24-18-10-7-15(2)11-16(18)3/h5-11H,12-13H2,1-4H3,(H,24,27)(H,25,30)/t23-/m0/s1. The van der Waals surface area contributed by atoms with E-state index in [0.29, 0.717) is 11.3 Å². The molecule has 0 aliphatic carbocycles. The van der Waals surface area contributed by atoms with Gasteiger partial charge in [0.15, 0.2) is 6.61 Å². The van der Waals surface area contributed by atoms with E-state index >= 15 is 0 Å². The van der Waals surface area contributed by atoms with Crippen LogP contribution in [-0.4, -0.2) is 41.9 Å². The van der Waals surface area contributed by atoms with Crippen LogP contribution in [0.2, 0.25) is 0 Å². The number of hydrogen-bond donors (Lipinski definition) is 2. The molecule has 1 saturated heterocycles. The molecule has 8 heteroatoms. The van der Waals surface area contributed by atoms with Crippen LogP contribution < -0.4 is 10.6 Å². The van der Waals surface area contributed by atoms with Crippen molar-refractivity contribution in [1.82, 2.24) is 10.2 Å². The van der Waals surface area contributed by atoms with E-state index in [9.17, 15) is 19.2 Å². The SMILES string of the molecule is Cc1ccc([C@]2(C)NC(=O)N(CC(=O)OCC(=O)Nc3ccc(C)cc3C)C2=O)cc1. The van der Waals surface area contributed by atoms with Crippen molar-refractivity contribution in [3.63, 3.8) is 0 Å². The molecule has 31 heavy (non-hydrogen) atoms. The van der Waals surface area contributed by atoms with Crippen LogP contribution in [0, 0.1) is 20.8 Å². The maximum Gasteiger partial charge on any atom is 0.326 e. The molecule has 0 radical (unpaired) electrons. The predicted octanol–water partition coefficient (Wildman–Crippen LogP) is 2.56. The van der Waals surface area contributed by atoms with E-state index in [-0.39, 0.29) is 0 Å². The van der Waals surface area contributed by atoms with Crippen LogP contribution in [0.1, 0.15) is 29.2 Å². The van der Waals surface area contributed by atoms with Crippen molar-refractivity contribution in [2.24, 2.45) is 0 Å². The zero-order chi connectivity index (χ0) is 22.8. The molecule has 1 fully saturated rings. The molecule has 2 aromatic rings. The molecule has 8 nitrogen and oxygen atoms in total. The first-order chi connectivity index (χ1) is 14.6. The van der Waals surface area contributed by atoms with Crippen LogP contribution in [0.5, 0.6) is 0 Å². The van der Waals surface area contributed by atoms with Crippen molar-refractivity contribution in [2.45, 2.75) is 33.2 Å². The number of imide groups is 1. The summed E-state index contributed by atoms with van der Waals surface area (Å²) in [6.45, 7) is 6.20. The molecule has 0 aromatic heterocycles. The lowest BCUT2D eigenvalue weighted by Gasteiger charge is -2.22. The number of nitrogens with one attached hydrogen (secondary N) is 2. The number of rotatable bonds is 6. The van der Waals surface area contributed by atoms with Gasteiger partial charge in [-0.3, -0.25) is 19.3 Å². The van der Waals surface area contributed by atoms with Crippen LogP contribution in [0.4, 0.5) is 10.5 Å². The molecular weight excluding hydrogens is 398 g/mol. The predicted molar refractivity (Wildman–Crippen MR) is 114 cm³/mol. The Kier molecular flexibility index (Phi) is 6.10. The highest BCUT2D eigenvalue weighted by Crippen LogP contribution is 2.28. The largest absolute Gasteiger partial charge is 0.454 e. The third-order valence-electron chi connectivity index (χ3n) is 5.21. The summed E-state index contributed by atoms with van der Waals surface area (Å²) in [5.41, 5.74) is 2.92. The van der Waals surface area contributed by atoms with Crippen molar-refractivity contribution in [2.75, 3.05) is 18.5 Å². The molecule has 1 aliphatic heterocycles. The van der Waals surface area contributed by atoms with Gasteiger partial charge in [-0.1, -0.05) is 47.5 Å². The normalized spacial score (nSPS) is 18.0. The second-order valence-electron chi connectivity index (χ2n) is 7.84. The van der Waals surface area contributed by atoms with E-state index in [4.69, 9.17) is 4.74 Å². The van der Waals surface area contributed by atoms with Gasteiger partial charge >= 0.3 is 12.0 Å². The number of urea groups is 1. The second-order valence-corrected chi connectivity index (χ2v) is 7.84. The van der Waals surface area contributed by atoms with Gasteiger partial charge in [0.25, 0.3) is 11.8 Å². The van der Waals surface area contributed by atoms with Crippen molar-refractivity contribution < 1.29 is 23.9 Å². The third kappa shape index (κ3) is 4.74. The Labute approximate surface area is 180 Å². The summed E-state index contributed by atoms with van der Waals surface area (Å²) in [5, 5.41) is 5.30. The third-order valence-corrected chi connectivity index (χ3v) is 5.21. The minimum atomic E-state index is -1.27. The Morgan fingerprint density at radius 1 is 1.03 bits per heavy atom. The summed E-state index contributed by atoms with van der Waals surface area (Å²) < 4.78 is 4.96. The number of amides is 4. The summed E-state index contributed by atoms with van der Waals surface area (Å²) in [5.74, 6) is -1.92. The number of benzene rings is 2. The maximum atomic E-state index is 12.9. The summed E-state index contributed by atoms with van der Waals surface area (Å²) in [6, 6.07) is 12.0. The van der Waals surface area contributed by atoms with E-state index in [1.807, 2.05) is 45.0 Å². The van der Waals surface area contributed by atoms with Gasteiger partial charge in [-0.25, -0.2) is 4.79 Å². The van der Waals surface area contributed by atoms with Gasteiger partial charge in [0, 0.05) is 5.69 Å². The summed E-state index contributed by atoms with van der Waals surface area (Å²) in [4.78, 5) is 50.2. The number of hydrogen-bond acceptors (Lipinski definition) is 5. The Morgan fingerprint density at radius 3 is 2.32 bits per heavy atom. The van der Waals surface area contributed by atoms with Crippen LogP contribution in [-0.2, 0) is 24.7 Å². The zero-order valence-electron chi connectivity index (χ0n) is 17.9. The van der Waals surface area contributed by atoms with Crippen LogP contribution in [0.15, 0.2) is 42.5 Å². The number of carbonyl (C=O) groups excluding carboxylic acids is 4. The number of nitrogens with zero attached hydrogens (tertiary/aromatic N) is 1. The highest BCUT2D eigenvalue weighted by Gasteiger charge is 2.49. The fourth-order valence-electron chi connectivity index (χ4n) is 3.38. The van der Waals surface area contributed by atoms with Gasteiger partial charge < -0.3 is 15.4 Å². The average molecular weight is 423 g/mol. The van der Waals surface area contributed by atoms with Crippen LogP contribution in [0.3, 0.4) is 0 Å². The highest BCUT2D eigenvalue weighted by atomic mass is 16.5. The van der Waals surface area contributed by atoms with E-state index < -0.39 is 42.5 Å². The zero-order valence-corrected chi connectivity index (χ0v) is 17.9. The quantitative estimate of drug-likeness (QED) is 0.549. The van der Waals surface area contributed by atoms with Gasteiger partial charge in [0.1, 0.15) is 12.1 Å². The smallest absolute Gasteiger partial charge is 0.326 e. The first-order valence-electron chi connectivity index (χ1n) is 9.84. The van der Waals surface area contributed by atoms with E-state index in [0.717, 1.165) is 21.6 Å². The second kappa shape index (κ2) is 8.59. The molecule has 1 aliphatic rings. The van der Waals surface area contributed by atoms with Crippen molar-refractivity contribution in [3.8, 4) is 0 Å². The number of ether oxygens (including phenoxy) is 1. The molecule has 162 valence electrons. The molecule has 2 aromatic carbocycles. The summed E-state index contributed by atoms with van der Waals surface area (Å²) >= 11 is 0. The molecular formula is C23H25N3O5. The number of esters is 1. The number of anilines is 1. The monoisotopic (exact) mass is 423 g/mol. The van der Waals surface area contributed by atoms with E-state index in [1.54, 1.807) is 25.1 Å². The molecule has 3 rings (SSSR count). The minimum Gasteiger partial charge on any atom is -0.454 e. The highest BCUT2D eigenvalue weighted by molar-refractivity contribution is 6.09. The topological polar surface area (TPSA) is 105 Å². The van der Waals surface area contributed by atoms with Crippen molar-refractivity contribution in [3.05, 3.63) is 64.7 Å². The van der Waals surface area contributed by atoms with E-state index in [1.165, 1.54) is 0 Å². The average Bonchev–Trinajstić information content (AvgIpc) is 2.93. The Hall–Kier alpha value is -3.68. The van der Waals surface area contributed by atoms with Gasteiger partial charge in [-0.05, 0) is 44.9 Å².